The van der Waals surface area contributed by atoms with Gasteiger partial charge in [-0.05, 0) is 18.6 Å². The van der Waals surface area contributed by atoms with Gasteiger partial charge in [-0.15, -0.1) is 0 Å². The summed E-state index contributed by atoms with van der Waals surface area (Å²) >= 11 is 0. The fourth-order valence-electron chi connectivity index (χ4n) is 5.32. The molecule has 3 aliphatic heterocycles. The van der Waals surface area contributed by atoms with Gasteiger partial charge in [0.2, 0.25) is 11.8 Å². The van der Waals surface area contributed by atoms with Crippen LogP contribution in [0.15, 0.2) is 24.8 Å². The van der Waals surface area contributed by atoms with Crippen molar-refractivity contribution in [3.8, 4) is 0 Å². The van der Waals surface area contributed by atoms with Crippen molar-refractivity contribution in [2.24, 2.45) is 5.41 Å². The van der Waals surface area contributed by atoms with E-state index in [0.717, 1.165) is 50.3 Å². The van der Waals surface area contributed by atoms with E-state index in [1.54, 1.807) is 0 Å². The number of aldehydes is 1. The number of likely N-dealkylation sites (tertiary alicyclic amines) is 1. The minimum Gasteiger partial charge on any atom is -0.370 e. The van der Waals surface area contributed by atoms with Crippen LogP contribution in [0.3, 0.4) is 0 Å². The van der Waals surface area contributed by atoms with Gasteiger partial charge < -0.3 is 25.2 Å². The largest absolute Gasteiger partial charge is 0.370 e. The molecule has 1 unspecified atom stereocenters. The second-order valence-corrected chi connectivity index (χ2v) is 9.50. The first kappa shape index (κ1) is 23.9. The van der Waals surface area contributed by atoms with Crippen molar-refractivity contribution in [1.82, 2.24) is 20.4 Å². The quantitative estimate of drug-likeness (QED) is 0.495. The monoisotopic (exact) mass is 467 g/mol. The van der Waals surface area contributed by atoms with Crippen LogP contribution in [0.25, 0.3) is 5.70 Å². The predicted molar refractivity (Wildman–Crippen MR) is 129 cm³/mol. The van der Waals surface area contributed by atoms with E-state index in [0.29, 0.717) is 24.2 Å². The zero-order valence-corrected chi connectivity index (χ0v) is 19.9. The predicted octanol–water partition coefficient (Wildman–Crippen LogP) is 0.855. The van der Waals surface area contributed by atoms with Crippen LogP contribution in [0.1, 0.15) is 42.1 Å². The molecule has 4 rings (SSSR count). The van der Waals surface area contributed by atoms with Crippen LogP contribution in [0.5, 0.6) is 0 Å². The van der Waals surface area contributed by atoms with Crippen molar-refractivity contribution in [1.29, 1.82) is 0 Å². The van der Waals surface area contributed by atoms with E-state index in [2.05, 4.69) is 27.0 Å². The molecule has 3 heterocycles. The van der Waals surface area contributed by atoms with Crippen molar-refractivity contribution in [3.63, 3.8) is 0 Å². The molecule has 1 spiro atoms. The van der Waals surface area contributed by atoms with Gasteiger partial charge in [0.25, 0.3) is 5.91 Å². The molecule has 0 aromatic heterocycles. The molecule has 0 aliphatic carbocycles. The molecule has 1 atom stereocenters. The highest BCUT2D eigenvalue weighted by Gasteiger charge is 2.51. The Bertz CT molecular complexity index is 1010. The van der Waals surface area contributed by atoms with Crippen molar-refractivity contribution in [2.75, 3.05) is 51.2 Å². The van der Waals surface area contributed by atoms with Crippen molar-refractivity contribution in [2.45, 2.75) is 32.2 Å². The van der Waals surface area contributed by atoms with Crippen LogP contribution in [0.2, 0.25) is 0 Å². The zero-order chi connectivity index (χ0) is 24.5. The van der Waals surface area contributed by atoms with E-state index in [-0.39, 0.29) is 36.0 Å². The van der Waals surface area contributed by atoms with E-state index >= 15 is 0 Å². The minimum atomic E-state index is -0.763. The Kier molecular flexibility index (Phi) is 6.74. The molecule has 1 aromatic rings. The molecule has 9 heteroatoms. The van der Waals surface area contributed by atoms with Gasteiger partial charge in [0.05, 0.1) is 5.56 Å². The topological polar surface area (TPSA) is 102 Å². The third kappa shape index (κ3) is 4.32. The van der Waals surface area contributed by atoms with Crippen molar-refractivity contribution < 1.29 is 19.2 Å². The average Bonchev–Trinajstić information content (AvgIpc) is 3.03. The highest BCUT2D eigenvalue weighted by atomic mass is 16.2. The third-order valence-electron chi connectivity index (χ3n) is 7.08. The summed E-state index contributed by atoms with van der Waals surface area (Å²) in [6.45, 7) is 11.4. The lowest BCUT2D eigenvalue weighted by molar-refractivity contribution is -0.124. The number of anilines is 1. The fourth-order valence-corrected chi connectivity index (χ4v) is 5.32. The molecule has 3 aliphatic rings. The molecule has 182 valence electrons. The van der Waals surface area contributed by atoms with Gasteiger partial charge >= 0.3 is 0 Å². The van der Waals surface area contributed by atoms with Gasteiger partial charge in [0.1, 0.15) is 12.3 Å². The number of rotatable bonds is 10. The maximum Gasteiger partial charge on any atom is 0.259 e. The smallest absolute Gasteiger partial charge is 0.259 e. The zero-order valence-electron chi connectivity index (χ0n) is 19.9. The van der Waals surface area contributed by atoms with E-state index in [9.17, 15) is 19.2 Å². The van der Waals surface area contributed by atoms with E-state index in [1.807, 2.05) is 25.1 Å². The summed E-state index contributed by atoms with van der Waals surface area (Å²) in [6, 6.07) is 5.04. The Labute approximate surface area is 200 Å². The molecule has 34 heavy (non-hydrogen) atoms. The Morgan fingerprint density at radius 2 is 1.94 bits per heavy atom. The highest BCUT2D eigenvalue weighted by molar-refractivity contribution is 6.11. The second-order valence-electron chi connectivity index (χ2n) is 9.50. The standard InChI is InChI=1S/C25H33N5O4/c1-4-22(32)27-9-10-28-13-25(14-28)15-29(16-25)18-7-8-19-17(2)30(24(34)20(19)12-18)21(6-5-11-31)23(33)26-3/h7-8,11-12,21H,2,4-6,9-10,13-16H2,1,3H3,(H,26,33)(H,27,32). The van der Waals surface area contributed by atoms with E-state index < -0.39 is 6.04 Å². The molecule has 3 amide bonds. The van der Waals surface area contributed by atoms with Crippen LogP contribution in [0, 0.1) is 5.41 Å². The number of likely N-dealkylation sites (N-methyl/N-ethyl adjacent to an activating group) is 1. The first-order valence-corrected chi connectivity index (χ1v) is 11.9. The van der Waals surface area contributed by atoms with Gasteiger partial charge in [0, 0.05) is 81.5 Å². The number of carbonyl (C=O) groups excluding carboxylic acids is 4. The molecule has 0 bridgehead atoms. The van der Waals surface area contributed by atoms with Gasteiger partial charge in [-0.1, -0.05) is 19.6 Å². The molecule has 0 saturated carbocycles. The van der Waals surface area contributed by atoms with Crippen LogP contribution < -0.4 is 15.5 Å². The van der Waals surface area contributed by atoms with Crippen LogP contribution in [0.4, 0.5) is 5.69 Å². The molecule has 0 radical (unpaired) electrons. The lowest BCUT2D eigenvalue weighted by Crippen LogP contribution is -2.72. The minimum absolute atomic E-state index is 0.0860. The maximum absolute atomic E-state index is 13.3. The number of hydrogen-bond donors (Lipinski definition) is 2. The SMILES string of the molecule is C=C1c2ccc(N3CC4(CN(CCNC(=O)CC)C4)C3)cc2C(=O)N1C(CCC=O)C(=O)NC. The summed E-state index contributed by atoms with van der Waals surface area (Å²) in [5, 5.41) is 5.51. The lowest BCUT2D eigenvalue weighted by Gasteiger charge is -2.61. The highest BCUT2D eigenvalue weighted by Crippen LogP contribution is 2.43. The number of amides is 3. The Hall–Kier alpha value is -3.20. The summed E-state index contributed by atoms with van der Waals surface area (Å²) < 4.78 is 0. The van der Waals surface area contributed by atoms with E-state index in [1.165, 1.54) is 11.9 Å². The first-order valence-electron chi connectivity index (χ1n) is 11.9. The van der Waals surface area contributed by atoms with Crippen molar-refractivity contribution >= 4 is 35.4 Å². The van der Waals surface area contributed by atoms with Gasteiger partial charge in [-0.2, -0.15) is 0 Å². The third-order valence-corrected chi connectivity index (χ3v) is 7.08. The van der Waals surface area contributed by atoms with Crippen molar-refractivity contribution in [3.05, 3.63) is 35.9 Å². The maximum atomic E-state index is 13.3. The normalized spacial score (nSPS) is 19.4. The Morgan fingerprint density at radius 1 is 1.21 bits per heavy atom. The number of nitrogens with zero attached hydrogens (tertiary/aromatic N) is 3. The molecule has 2 N–H and O–H groups in total. The summed E-state index contributed by atoms with van der Waals surface area (Å²) in [5.74, 6) is -0.471. The molecule has 2 fully saturated rings. The van der Waals surface area contributed by atoms with Crippen LogP contribution in [-0.2, 0) is 14.4 Å². The molecular weight excluding hydrogens is 434 g/mol. The first-order chi connectivity index (χ1) is 16.3. The van der Waals surface area contributed by atoms with Gasteiger partial charge in [0.15, 0.2) is 0 Å². The fraction of sp³-hybridized carbons (Fsp3) is 0.520. The Balaban J connectivity index is 1.37. The molecule has 9 nitrogen and oxygen atoms in total. The molecular formula is C25H33N5O4. The average molecular weight is 468 g/mol. The van der Waals surface area contributed by atoms with Crippen LogP contribution >= 0.6 is 0 Å². The lowest BCUT2D eigenvalue weighted by atomic mass is 9.72. The van der Waals surface area contributed by atoms with Crippen LogP contribution in [-0.4, -0.2) is 86.2 Å². The second kappa shape index (κ2) is 9.58. The summed E-state index contributed by atoms with van der Waals surface area (Å²) in [7, 11) is 1.52. The number of hydrogen-bond acceptors (Lipinski definition) is 6. The number of nitrogens with one attached hydrogen (secondary N) is 2. The number of fused-ring (bicyclic) bond motifs is 1. The number of benzene rings is 1. The summed E-state index contributed by atoms with van der Waals surface area (Å²) in [4.78, 5) is 54.0. The summed E-state index contributed by atoms with van der Waals surface area (Å²) in [6.07, 6.45) is 1.71. The number of carbonyl (C=O) groups is 4. The van der Waals surface area contributed by atoms with Gasteiger partial charge in [-0.25, -0.2) is 0 Å². The van der Waals surface area contributed by atoms with Gasteiger partial charge in [-0.3, -0.25) is 19.3 Å². The molecule has 2 saturated heterocycles. The Morgan fingerprint density at radius 3 is 2.59 bits per heavy atom. The van der Waals surface area contributed by atoms with E-state index in [4.69, 9.17) is 0 Å². The molecule has 1 aromatic carbocycles. The summed E-state index contributed by atoms with van der Waals surface area (Å²) in [5.41, 5.74) is 3.05.